The van der Waals surface area contributed by atoms with Gasteiger partial charge in [-0.1, -0.05) is 66.2 Å². The quantitative estimate of drug-likeness (QED) is 0.355. The lowest BCUT2D eigenvalue weighted by Crippen LogP contribution is -2.18. The highest BCUT2D eigenvalue weighted by Crippen LogP contribution is 2.21. The molecule has 3 aromatic carbocycles. The maximum Gasteiger partial charge on any atom is 0.238 e. The van der Waals surface area contributed by atoms with E-state index in [4.69, 9.17) is 26.9 Å². The molecule has 9 heteroatoms. The molecule has 0 bridgehead atoms. The summed E-state index contributed by atoms with van der Waals surface area (Å²) in [6.07, 6.45) is 0.738. The molecule has 0 spiro atoms. The predicted molar refractivity (Wildman–Crippen MR) is 129 cm³/mol. The summed E-state index contributed by atoms with van der Waals surface area (Å²) in [4.78, 5) is 1.81. The third-order valence-corrected chi connectivity index (χ3v) is 6.28. The number of sulfonamides is 1. The monoisotopic (exact) mass is 481 g/mol. The lowest BCUT2D eigenvalue weighted by atomic mass is 10.1. The number of nitrogens with zero attached hydrogens (tertiary/aromatic N) is 3. The van der Waals surface area contributed by atoms with Gasteiger partial charge in [0.25, 0.3) is 0 Å². The van der Waals surface area contributed by atoms with E-state index in [1.807, 2.05) is 54.6 Å². The molecule has 0 aliphatic carbocycles. The van der Waals surface area contributed by atoms with E-state index in [9.17, 15) is 8.42 Å². The molecule has 170 valence electrons. The summed E-state index contributed by atoms with van der Waals surface area (Å²) in [5, 5.41) is 18.7. The molecule has 1 aromatic heterocycles. The van der Waals surface area contributed by atoms with Crippen molar-refractivity contribution in [3.8, 4) is 11.3 Å². The first-order valence-corrected chi connectivity index (χ1v) is 12.4. The Morgan fingerprint density at radius 3 is 2.36 bits per heavy atom. The minimum absolute atomic E-state index is 0.114. The lowest BCUT2D eigenvalue weighted by molar-refractivity contribution is 0.577. The standard InChI is InChI=1S/C24H24ClN5O2S/c25-21-8-4-5-19(15-21)17-30-28-23(24(29-30)20-6-2-1-3-7-20)16-27-14-13-18-9-11-22(12-10-18)33(26,31)32/h1-12,15,27H,13-14,16-17H2,(H2,26,31,32). The van der Waals surface area contributed by atoms with Crippen LogP contribution in [0.3, 0.4) is 0 Å². The summed E-state index contributed by atoms with van der Waals surface area (Å²) in [5.41, 5.74) is 4.74. The predicted octanol–water partition coefficient (Wildman–Crippen LogP) is 3.63. The zero-order valence-electron chi connectivity index (χ0n) is 17.9. The van der Waals surface area contributed by atoms with Crippen molar-refractivity contribution in [2.24, 2.45) is 5.14 Å². The van der Waals surface area contributed by atoms with Crippen molar-refractivity contribution in [2.75, 3.05) is 6.54 Å². The highest BCUT2D eigenvalue weighted by atomic mass is 35.5. The highest BCUT2D eigenvalue weighted by Gasteiger charge is 2.13. The number of primary sulfonamides is 1. The second kappa shape index (κ2) is 10.3. The van der Waals surface area contributed by atoms with Gasteiger partial charge in [0.15, 0.2) is 0 Å². The second-order valence-electron chi connectivity index (χ2n) is 7.64. The molecule has 1 heterocycles. The zero-order valence-corrected chi connectivity index (χ0v) is 19.4. The summed E-state index contributed by atoms with van der Waals surface area (Å²) < 4.78 is 22.8. The summed E-state index contributed by atoms with van der Waals surface area (Å²) >= 11 is 6.11. The number of hydrogen-bond donors (Lipinski definition) is 2. The van der Waals surface area contributed by atoms with Crippen LogP contribution in [0.5, 0.6) is 0 Å². The normalized spacial score (nSPS) is 11.6. The van der Waals surface area contributed by atoms with Gasteiger partial charge in [-0.2, -0.15) is 15.0 Å². The van der Waals surface area contributed by atoms with Crippen LogP contribution in [-0.4, -0.2) is 30.0 Å². The van der Waals surface area contributed by atoms with E-state index < -0.39 is 10.0 Å². The van der Waals surface area contributed by atoms with Gasteiger partial charge in [0.2, 0.25) is 10.0 Å². The Hall–Kier alpha value is -3.04. The van der Waals surface area contributed by atoms with Crippen LogP contribution in [0.2, 0.25) is 5.02 Å². The van der Waals surface area contributed by atoms with Gasteiger partial charge in [-0.3, -0.25) is 0 Å². The van der Waals surface area contributed by atoms with Crippen molar-refractivity contribution in [2.45, 2.75) is 24.4 Å². The van der Waals surface area contributed by atoms with E-state index in [0.717, 1.165) is 34.5 Å². The molecule has 0 fully saturated rings. The Kier molecular flexibility index (Phi) is 7.20. The number of nitrogens with one attached hydrogen (secondary N) is 1. The van der Waals surface area contributed by atoms with Crippen molar-refractivity contribution in [3.05, 3.63) is 101 Å². The Bertz CT molecular complexity index is 1320. The summed E-state index contributed by atoms with van der Waals surface area (Å²) in [5.74, 6) is 0. The number of rotatable bonds is 9. The summed E-state index contributed by atoms with van der Waals surface area (Å²) in [6, 6.07) is 24.2. The molecule has 7 nitrogen and oxygen atoms in total. The number of aromatic nitrogens is 3. The molecule has 0 aliphatic rings. The molecule has 0 atom stereocenters. The van der Waals surface area contributed by atoms with Gasteiger partial charge >= 0.3 is 0 Å². The van der Waals surface area contributed by atoms with Gasteiger partial charge < -0.3 is 5.32 Å². The average Bonchev–Trinajstić information content (AvgIpc) is 3.19. The van der Waals surface area contributed by atoms with Crippen LogP contribution >= 0.6 is 11.6 Å². The highest BCUT2D eigenvalue weighted by molar-refractivity contribution is 7.89. The maximum atomic E-state index is 11.4. The molecule has 4 rings (SSSR count). The lowest BCUT2D eigenvalue weighted by Gasteiger charge is -2.05. The first-order valence-electron chi connectivity index (χ1n) is 10.4. The van der Waals surface area contributed by atoms with Crippen LogP contribution in [0, 0.1) is 0 Å². The van der Waals surface area contributed by atoms with E-state index in [-0.39, 0.29) is 4.90 Å². The molecule has 0 saturated heterocycles. The molecule has 0 unspecified atom stereocenters. The molecule has 0 amide bonds. The van der Waals surface area contributed by atoms with Gasteiger partial charge in [-0.25, -0.2) is 13.6 Å². The summed E-state index contributed by atoms with van der Waals surface area (Å²) in [7, 11) is -3.68. The van der Waals surface area contributed by atoms with Gasteiger partial charge in [-0.05, 0) is 48.4 Å². The first kappa shape index (κ1) is 23.1. The zero-order chi connectivity index (χ0) is 23.3. The number of nitrogens with two attached hydrogens (primary N) is 1. The fraction of sp³-hybridized carbons (Fsp3) is 0.167. The van der Waals surface area contributed by atoms with Gasteiger partial charge in [0.1, 0.15) is 11.4 Å². The van der Waals surface area contributed by atoms with E-state index in [2.05, 4.69) is 5.32 Å². The molecule has 0 radical (unpaired) electrons. The Labute approximate surface area is 198 Å². The first-order chi connectivity index (χ1) is 15.9. The third-order valence-electron chi connectivity index (χ3n) is 5.12. The van der Waals surface area contributed by atoms with Crippen LogP contribution in [0.4, 0.5) is 0 Å². The van der Waals surface area contributed by atoms with Gasteiger partial charge in [-0.15, -0.1) is 0 Å². The fourth-order valence-corrected chi connectivity index (χ4v) is 4.20. The van der Waals surface area contributed by atoms with E-state index >= 15 is 0 Å². The minimum atomic E-state index is -3.68. The Morgan fingerprint density at radius 2 is 1.67 bits per heavy atom. The van der Waals surface area contributed by atoms with Crippen LogP contribution in [0.1, 0.15) is 16.8 Å². The van der Waals surface area contributed by atoms with Crippen LogP contribution in [-0.2, 0) is 29.5 Å². The van der Waals surface area contributed by atoms with Crippen molar-refractivity contribution >= 4 is 21.6 Å². The second-order valence-corrected chi connectivity index (χ2v) is 9.64. The van der Waals surface area contributed by atoms with Crippen molar-refractivity contribution in [1.29, 1.82) is 0 Å². The number of hydrogen-bond acceptors (Lipinski definition) is 5. The third kappa shape index (κ3) is 6.27. The van der Waals surface area contributed by atoms with E-state index in [0.29, 0.717) is 24.7 Å². The molecule has 0 aliphatic heterocycles. The van der Waals surface area contributed by atoms with E-state index in [1.54, 1.807) is 16.9 Å². The molecule has 4 aromatic rings. The molecule has 3 N–H and O–H groups in total. The largest absolute Gasteiger partial charge is 0.311 e. The van der Waals surface area contributed by atoms with Crippen molar-refractivity contribution < 1.29 is 8.42 Å². The number of halogens is 1. The molecule has 33 heavy (non-hydrogen) atoms. The average molecular weight is 482 g/mol. The number of benzene rings is 3. The summed E-state index contributed by atoms with van der Waals surface area (Å²) in [6.45, 7) is 1.77. The molecular weight excluding hydrogens is 458 g/mol. The smallest absolute Gasteiger partial charge is 0.238 e. The van der Waals surface area contributed by atoms with Crippen LogP contribution < -0.4 is 10.5 Å². The van der Waals surface area contributed by atoms with Crippen molar-refractivity contribution in [1.82, 2.24) is 20.3 Å². The molecule has 0 saturated carbocycles. The SMILES string of the molecule is NS(=O)(=O)c1ccc(CCNCc2nn(Cc3cccc(Cl)c3)nc2-c2ccccc2)cc1. The molecular formula is C24H24ClN5O2S. The van der Waals surface area contributed by atoms with Crippen LogP contribution in [0.25, 0.3) is 11.3 Å². The maximum absolute atomic E-state index is 11.4. The van der Waals surface area contributed by atoms with Gasteiger partial charge in [0.05, 0.1) is 11.4 Å². The van der Waals surface area contributed by atoms with E-state index in [1.165, 1.54) is 12.1 Å². The topological polar surface area (TPSA) is 103 Å². The Morgan fingerprint density at radius 1 is 0.909 bits per heavy atom. The van der Waals surface area contributed by atoms with Crippen molar-refractivity contribution in [3.63, 3.8) is 0 Å². The van der Waals surface area contributed by atoms with Crippen LogP contribution in [0.15, 0.2) is 83.8 Å². The minimum Gasteiger partial charge on any atom is -0.311 e. The fourth-order valence-electron chi connectivity index (χ4n) is 3.48. The Balaban J connectivity index is 1.44. The van der Waals surface area contributed by atoms with Gasteiger partial charge in [0, 0.05) is 17.1 Å².